The Bertz CT molecular complexity index is 70.9. The third-order valence-electron chi connectivity index (χ3n) is 0.979. The van der Waals surface area contributed by atoms with Gasteiger partial charge in [-0.15, -0.1) is 0 Å². The van der Waals surface area contributed by atoms with E-state index in [2.05, 4.69) is 0 Å². The van der Waals surface area contributed by atoms with Gasteiger partial charge in [0.1, 0.15) is 5.78 Å². The van der Waals surface area contributed by atoms with E-state index in [0.717, 1.165) is 12.2 Å². The van der Waals surface area contributed by atoms with E-state index in [9.17, 15) is 4.79 Å². The molecule has 0 rings (SSSR count). The lowest BCUT2D eigenvalue weighted by Crippen LogP contribution is -1.95. The van der Waals surface area contributed by atoms with Crippen LogP contribution in [0.15, 0.2) is 0 Å². The van der Waals surface area contributed by atoms with Gasteiger partial charge in [0.25, 0.3) is 0 Å². The number of thioether (sulfide) groups is 1. The van der Waals surface area contributed by atoms with Gasteiger partial charge in [-0.25, -0.2) is 0 Å². The summed E-state index contributed by atoms with van der Waals surface area (Å²) in [5.41, 5.74) is 0. The smallest absolute Gasteiger partial charge is 0.133 e. The summed E-state index contributed by atoms with van der Waals surface area (Å²) in [4.78, 5) is 10.6. The van der Waals surface area contributed by atoms with E-state index in [4.69, 9.17) is 0 Å². The highest BCUT2D eigenvalue weighted by Gasteiger charge is 1.93. The lowest BCUT2D eigenvalue weighted by molar-refractivity contribution is -0.118. The van der Waals surface area contributed by atoms with Crippen molar-refractivity contribution in [2.24, 2.45) is 0 Å². The van der Waals surface area contributed by atoms with Gasteiger partial charge in [-0.2, -0.15) is 11.8 Å². The Morgan fingerprint density at radius 3 is 2.62 bits per heavy atom. The highest BCUT2D eigenvalue weighted by atomic mass is 32.2. The Hall–Kier alpha value is 0.0200. The average molecular weight is 132 g/mol. The van der Waals surface area contributed by atoms with Crippen LogP contribution in [-0.2, 0) is 4.79 Å². The Kier molecular flexibility index (Phi) is 5.18. The van der Waals surface area contributed by atoms with Crippen molar-refractivity contribution in [3.63, 3.8) is 0 Å². The summed E-state index contributed by atoms with van der Waals surface area (Å²) < 4.78 is 0. The maximum absolute atomic E-state index is 10.6. The number of carbonyl (C=O) groups excluding carboxylic acids is 1. The number of Topliss-reactive ketones (excluding diaryl/α,β-unsaturated/α-hetero) is 1. The molecule has 0 bridgehead atoms. The zero-order valence-electron chi connectivity index (χ0n) is 5.44. The standard InChI is InChI=1S/C6H12OS/c1-3-6(7)4-5-8-2/h3-5H2,1-2H3. The summed E-state index contributed by atoms with van der Waals surface area (Å²) in [6, 6.07) is 0. The fraction of sp³-hybridized carbons (Fsp3) is 0.833. The summed E-state index contributed by atoms with van der Waals surface area (Å²) >= 11 is 1.72. The minimum Gasteiger partial charge on any atom is -0.300 e. The summed E-state index contributed by atoms with van der Waals surface area (Å²) in [6.45, 7) is 1.91. The van der Waals surface area contributed by atoms with Crippen LogP contribution in [0, 0.1) is 0 Å². The van der Waals surface area contributed by atoms with E-state index in [1.165, 1.54) is 0 Å². The minimum atomic E-state index is 0.374. The monoisotopic (exact) mass is 132 g/mol. The predicted octanol–water partition coefficient (Wildman–Crippen LogP) is 1.72. The fourth-order valence-electron chi connectivity index (χ4n) is 0.393. The minimum absolute atomic E-state index is 0.374. The first-order valence-electron chi connectivity index (χ1n) is 2.82. The Labute approximate surface area is 54.8 Å². The topological polar surface area (TPSA) is 17.1 Å². The quantitative estimate of drug-likeness (QED) is 0.579. The second-order valence-corrected chi connectivity index (χ2v) is 2.62. The van der Waals surface area contributed by atoms with E-state index in [1.807, 2.05) is 13.2 Å². The Morgan fingerprint density at radius 2 is 2.25 bits per heavy atom. The molecule has 0 aliphatic carbocycles. The highest BCUT2D eigenvalue weighted by Crippen LogP contribution is 1.97. The second kappa shape index (κ2) is 5.16. The number of rotatable bonds is 4. The first-order valence-corrected chi connectivity index (χ1v) is 4.21. The van der Waals surface area contributed by atoms with Crippen LogP contribution < -0.4 is 0 Å². The molecule has 0 fully saturated rings. The van der Waals surface area contributed by atoms with Crippen LogP contribution in [0.3, 0.4) is 0 Å². The molecule has 0 aromatic heterocycles. The average Bonchev–Trinajstić information content (AvgIpc) is 1.83. The SMILES string of the molecule is CCC(=O)CCSC. The van der Waals surface area contributed by atoms with Crippen molar-refractivity contribution in [1.82, 2.24) is 0 Å². The molecule has 0 saturated heterocycles. The maximum Gasteiger partial charge on any atom is 0.133 e. The van der Waals surface area contributed by atoms with Gasteiger partial charge in [0.05, 0.1) is 0 Å². The predicted molar refractivity (Wildman–Crippen MR) is 38.3 cm³/mol. The van der Waals surface area contributed by atoms with Gasteiger partial charge in [-0.3, -0.25) is 4.79 Å². The van der Waals surface area contributed by atoms with Crippen LogP contribution in [-0.4, -0.2) is 17.8 Å². The normalized spacial score (nSPS) is 9.25. The number of hydrogen-bond acceptors (Lipinski definition) is 2. The second-order valence-electron chi connectivity index (χ2n) is 1.64. The molecular formula is C6H12OS. The van der Waals surface area contributed by atoms with Crippen LogP contribution in [0.4, 0.5) is 0 Å². The van der Waals surface area contributed by atoms with Crippen molar-refractivity contribution in [1.29, 1.82) is 0 Å². The van der Waals surface area contributed by atoms with E-state index >= 15 is 0 Å². The molecule has 8 heavy (non-hydrogen) atoms. The molecule has 2 heteroatoms. The van der Waals surface area contributed by atoms with Crippen LogP contribution in [0.2, 0.25) is 0 Å². The van der Waals surface area contributed by atoms with Gasteiger partial charge >= 0.3 is 0 Å². The molecule has 0 spiro atoms. The summed E-state index contributed by atoms with van der Waals surface area (Å²) in [7, 11) is 0. The van der Waals surface area contributed by atoms with Crippen LogP contribution in [0.25, 0.3) is 0 Å². The molecule has 0 radical (unpaired) electrons. The van der Waals surface area contributed by atoms with Crippen molar-refractivity contribution >= 4 is 17.5 Å². The Balaban J connectivity index is 2.99. The van der Waals surface area contributed by atoms with Crippen molar-refractivity contribution in [2.75, 3.05) is 12.0 Å². The molecule has 0 saturated carbocycles. The molecule has 0 N–H and O–H groups in total. The van der Waals surface area contributed by atoms with E-state index < -0.39 is 0 Å². The van der Waals surface area contributed by atoms with Gasteiger partial charge < -0.3 is 0 Å². The van der Waals surface area contributed by atoms with Gasteiger partial charge in [0.2, 0.25) is 0 Å². The maximum atomic E-state index is 10.6. The van der Waals surface area contributed by atoms with Gasteiger partial charge in [0.15, 0.2) is 0 Å². The highest BCUT2D eigenvalue weighted by molar-refractivity contribution is 7.98. The number of hydrogen-bond donors (Lipinski definition) is 0. The molecule has 48 valence electrons. The molecule has 0 atom stereocenters. The summed E-state index contributed by atoms with van der Waals surface area (Å²) in [6.07, 6.45) is 3.46. The number of ketones is 1. The summed E-state index contributed by atoms with van der Waals surface area (Å²) in [5, 5.41) is 0. The Morgan fingerprint density at radius 1 is 1.62 bits per heavy atom. The molecule has 0 heterocycles. The van der Waals surface area contributed by atoms with Gasteiger partial charge in [-0.05, 0) is 12.0 Å². The van der Waals surface area contributed by atoms with E-state index in [-0.39, 0.29) is 0 Å². The third kappa shape index (κ3) is 4.19. The zero-order valence-corrected chi connectivity index (χ0v) is 6.25. The summed E-state index contributed by atoms with van der Waals surface area (Å²) in [5.74, 6) is 1.35. The molecule has 1 nitrogen and oxygen atoms in total. The lowest BCUT2D eigenvalue weighted by Gasteiger charge is -1.91. The fourth-order valence-corrected chi connectivity index (χ4v) is 0.824. The van der Waals surface area contributed by atoms with Crippen molar-refractivity contribution in [3.8, 4) is 0 Å². The van der Waals surface area contributed by atoms with E-state index in [0.29, 0.717) is 12.2 Å². The molecule has 0 aliphatic heterocycles. The molecule has 0 aromatic rings. The largest absolute Gasteiger partial charge is 0.300 e. The number of carbonyl (C=O) groups is 1. The van der Waals surface area contributed by atoms with Crippen molar-refractivity contribution in [3.05, 3.63) is 0 Å². The first kappa shape index (κ1) is 8.02. The van der Waals surface area contributed by atoms with Crippen LogP contribution in [0.5, 0.6) is 0 Å². The molecule has 0 aliphatic rings. The van der Waals surface area contributed by atoms with Gasteiger partial charge in [0, 0.05) is 12.8 Å². The zero-order chi connectivity index (χ0) is 6.41. The van der Waals surface area contributed by atoms with Crippen molar-refractivity contribution < 1.29 is 4.79 Å². The molecule has 0 amide bonds. The van der Waals surface area contributed by atoms with Crippen LogP contribution in [0.1, 0.15) is 19.8 Å². The molecular weight excluding hydrogens is 120 g/mol. The van der Waals surface area contributed by atoms with Crippen molar-refractivity contribution in [2.45, 2.75) is 19.8 Å². The first-order chi connectivity index (χ1) is 3.81. The van der Waals surface area contributed by atoms with Gasteiger partial charge in [-0.1, -0.05) is 6.92 Å². The molecule has 0 unspecified atom stereocenters. The van der Waals surface area contributed by atoms with E-state index in [1.54, 1.807) is 11.8 Å². The third-order valence-corrected chi connectivity index (χ3v) is 1.59. The van der Waals surface area contributed by atoms with Crippen LogP contribution >= 0.6 is 11.8 Å². The lowest BCUT2D eigenvalue weighted by atomic mass is 10.2. The molecule has 0 aromatic carbocycles.